The van der Waals surface area contributed by atoms with Gasteiger partial charge in [0, 0.05) is 26.2 Å². The highest BCUT2D eigenvalue weighted by molar-refractivity contribution is 6.30. The van der Waals surface area contributed by atoms with E-state index in [4.69, 9.17) is 11.6 Å². The average Bonchev–Trinajstić information content (AvgIpc) is 3.18. The molecule has 9 heteroatoms. The summed E-state index contributed by atoms with van der Waals surface area (Å²) in [6, 6.07) is 15.0. The number of imidazole rings is 1. The lowest BCUT2D eigenvalue weighted by atomic mass is 10.1. The second-order valence-corrected chi connectivity index (χ2v) is 8.39. The zero-order chi connectivity index (χ0) is 23.5. The molecular formula is C24H25ClFN5O2. The number of halogens is 2. The molecule has 0 aliphatic rings. The lowest BCUT2D eigenvalue weighted by Gasteiger charge is -2.12. The first-order valence-electron chi connectivity index (χ1n) is 10.8. The van der Waals surface area contributed by atoms with E-state index < -0.39 is 17.1 Å². The van der Waals surface area contributed by atoms with E-state index in [0.717, 1.165) is 23.8 Å². The molecule has 4 rings (SSSR count). The van der Waals surface area contributed by atoms with Gasteiger partial charge in [0.2, 0.25) is 5.95 Å². The molecule has 0 saturated heterocycles. The molecule has 0 atom stereocenters. The van der Waals surface area contributed by atoms with Gasteiger partial charge >= 0.3 is 5.69 Å². The van der Waals surface area contributed by atoms with Crippen molar-refractivity contribution in [1.29, 1.82) is 0 Å². The van der Waals surface area contributed by atoms with Crippen LogP contribution in [0.3, 0.4) is 0 Å². The Morgan fingerprint density at radius 3 is 2.52 bits per heavy atom. The lowest BCUT2D eigenvalue weighted by molar-refractivity contribution is 0.601. The highest BCUT2D eigenvalue weighted by Crippen LogP contribution is 2.23. The van der Waals surface area contributed by atoms with Crippen LogP contribution in [0.25, 0.3) is 11.2 Å². The summed E-state index contributed by atoms with van der Waals surface area (Å²) in [5.74, 6) is -0.140. The third kappa shape index (κ3) is 4.57. The Bertz CT molecular complexity index is 1410. The van der Waals surface area contributed by atoms with Crippen molar-refractivity contribution < 1.29 is 4.39 Å². The molecule has 172 valence electrons. The van der Waals surface area contributed by atoms with E-state index in [0.29, 0.717) is 18.1 Å². The minimum absolute atomic E-state index is 0.00708. The summed E-state index contributed by atoms with van der Waals surface area (Å²) in [6.07, 6.45) is 2.81. The molecular weight excluding hydrogens is 445 g/mol. The molecule has 2 aromatic heterocycles. The van der Waals surface area contributed by atoms with Gasteiger partial charge < -0.3 is 5.32 Å². The maximum absolute atomic E-state index is 14.6. The Balaban J connectivity index is 1.64. The number of hydrogen-bond acceptors (Lipinski definition) is 4. The van der Waals surface area contributed by atoms with E-state index in [2.05, 4.69) is 22.4 Å². The van der Waals surface area contributed by atoms with Crippen LogP contribution in [0.1, 0.15) is 24.0 Å². The molecule has 2 aromatic carbocycles. The molecule has 7 nitrogen and oxygen atoms in total. The molecule has 0 amide bonds. The topological polar surface area (TPSA) is 73.8 Å². The van der Waals surface area contributed by atoms with Crippen molar-refractivity contribution >= 4 is 28.7 Å². The SMILES string of the molecule is Cn1c(=O)c2c(nc(NCCCCc3ccccc3)n2Cc2cccc(Cl)c2F)n(C)c1=O. The van der Waals surface area contributed by atoms with E-state index in [1.807, 2.05) is 18.2 Å². The van der Waals surface area contributed by atoms with Gasteiger partial charge in [0.25, 0.3) is 5.56 Å². The van der Waals surface area contributed by atoms with Crippen molar-refractivity contribution in [2.24, 2.45) is 14.1 Å². The van der Waals surface area contributed by atoms with Gasteiger partial charge in [0.15, 0.2) is 11.2 Å². The smallest absolute Gasteiger partial charge is 0.332 e. The molecule has 0 aliphatic heterocycles. The maximum Gasteiger partial charge on any atom is 0.332 e. The Kier molecular flexibility index (Phi) is 6.65. The van der Waals surface area contributed by atoms with Crippen LogP contribution in [-0.2, 0) is 27.1 Å². The molecule has 4 aromatic rings. The molecule has 0 bridgehead atoms. The fraction of sp³-hybridized carbons (Fsp3) is 0.292. The minimum Gasteiger partial charge on any atom is -0.356 e. The van der Waals surface area contributed by atoms with Crippen molar-refractivity contribution in [3.8, 4) is 0 Å². The normalized spacial score (nSPS) is 11.3. The summed E-state index contributed by atoms with van der Waals surface area (Å²) in [4.78, 5) is 29.9. The van der Waals surface area contributed by atoms with Crippen LogP contribution in [0.15, 0.2) is 58.1 Å². The van der Waals surface area contributed by atoms with Gasteiger partial charge in [-0.3, -0.25) is 18.5 Å². The summed E-state index contributed by atoms with van der Waals surface area (Å²) in [7, 11) is 2.98. The Morgan fingerprint density at radius 1 is 1.00 bits per heavy atom. The molecule has 0 unspecified atom stereocenters. The second kappa shape index (κ2) is 9.62. The molecule has 0 radical (unpaired) electrons. The van der Waals surface area contributed by atoms with E-state index in [-0.39, 0.29) is 22.7 Å². The fourth-order valence-corrected chi connectivity index (χ4v) is 4.07. The minimum atomic E-state index is -0.545. The molecule has 0 spiro atoms. The van der Waals surface area contributed by atoms with Crippen LogP contribution < -0.4 is 16.6 Å². The third-order valence-corrected chi connectivity index (χ3v) is 6.02. The predicted molar refractivity (Wildman–Crippen MR) is 129 cm³/mol. The number of benzene rings is 2. The Labute approximate surface area is 195 Å². The molecule has 0 fully saturated rings. The van der Waals surface area contributed by atoms with Crippen LogP contribution in [0.5, 0.6) is 0 Å². The average molecular weight is 470 g/mol. The molecule has 33 heavy (non-hydrogen) atoms. The quantitative estimate of drug-likeness (QED) is 0.399. The van der Waals surface area contributed by atoms with Crippen molar-refractivity contribution in [2.45, 2.75) is 25.8 Å². The van der Waals surface area contributed by atoms with Crippen molar-refractivity contribution in [1.82, 2.24) is 18.7 Å². The Hall–Kier alpha value is -3.39. The van der Waals surface area contributed by atoms with Gasteiger partial charge in [-0.05, 0) is 30.9 Å². The van der Waals surface area contributed by atoms with E-state index >= 15 is 0 Å². The van der Waals surface area contributed by atoms with E-state index in [1.165, 1.54) is 23.2 Å². The van der Waals surface area contributed by atoms with Crippen LogP contribution >= 0.6 is 11.6 Å². The summed E-state index contributed by atoms with van der Waals surface area (Å²) in [6.45, 7) is 0.658. The number of fused-ring (bicyclic) bond motifs is 1. The van der Waals surface area contributed by atoms with Gasteiger partial charge in [-0.2, -0.15) is 4.98 Å². The molecule has 2 heterocycles. The third-order valence-electron chi connectivity index (χ3n) is 5.73. The lowest BCUT2D eigenvalue weighted by Crippen LogP contribution is -2.37. The van der Waals surface area contributed by atoms with Crippen molar-refractivity contribution in [3.63, 3.8) is 0 Å². The number of rotatable bonds is 8. The number of nitrogens with zero attached hydrogens (tertiary/aromatic N) is 4. The van der Waals surface area contributed by atoms with Gasteiger partial charge in [-0.15, -0.1) is 0 Å². The first-order chi connectivity index (χ1) is 15.9. The number of hydrogen-bond donors (Lipinski definition) is 1. The zero-order valence-electron chi connectivity index (χ0n) is 18.5. The predicted octanol–water partition coefficient (Wildman–Crippen LogP) is 3.71. The van der Waals surface area contributed by atoms with Crippen LogP contribution in [-0.4, -0.2) is 25.2 Å². The number of aromatic nitrogens is 4. The molecule has 1 N–H and O–H groups in total. The van der Waals surface area contributed by atoms with E-state index in [1.54, 1.807) is 23.7 Å². The maximum atomic E-state index is 14.6. The highest BCUT2D eigenvalue weighted by Gasteiger charge is 2.20. The van der Waals surface area contributed by atoms with Gasteiger partial charge in [-0.25, -0.2) is 9.18 Å². The highest BCUT2D eigenvalue weighted by atomic mass is 35.5. The summed E-state index contributed by atoms with van der Waals surface area (Å²) in [5.41, 5.74) is 1.12. The van der Waals surface area contributed by atoms with E-state index in [9.17, 15) is 14.0 Å². The first kappa shape index (κ1) is 22.8. The summed E-state index contributed by atoms with van der Waals surface area (Å²) >= 11 is 5.96. The number of aryl methyl sites for hydroxylation is 2. The zero-order valence-corrected chi connectivity index (χ0v) is 19.3. The van der Waals surface area contributed by atoms with Crippen molar-refractivity contribution in [2.75, 3.05) is 11.9 Å². The second-order valence-electron chi connectivity index (χ2n) is 7.98. The van der Waals surface area contributed by atoms with Crippen LogP contribution in [0.2, 0.25) is 5.02 Å². The molecule has 0 aliphatic carbocycles. The first-order valence-corrected chi connectivity index (χ1v) is 11.1. The summed E-state index contributed by atoms with van der Waals surface area (Å²) in [5, 5.41) is 3.28. The molecule has 0 saturated carbocycles. The largest absolute Gasteiger partial charge is 0.356 e. The van der Waals surface area contributed by atoms with Crippen LogP contribution in [0, 0.1) is 5.82 Å². The standard InChI is InChI=1S/C24H25ClFN5O2/c1-29-21-20(22(32)30(2)24(29)33)31(15-17-12-8-13-18(25)19(17)26)23(28-21)27-14-7-6-11-16-9-4-3-5-10-16/h3-5,8-10,12-13H,6-7,11,14-15H2,1-2H3,(H,27,28). The fourth-order valence-electron chi connectivity index (χ4n) is 3.88. The number of nitrogens with one attached hydrogen (secondary N) is 1. The van der Waals surface area contributed by atoms with Gasteiger partial charge in [-0.1, -0.05) is 54.1 Å². The van der Waals surface area contributed by atoms with Crippen molar-refractivity contribution in [3.05, 3.63) is 91.3 Å². The monoisotopic (exact) mass is 469 g/mol. The van der Waals surface area contributed by atoms with Gasteiger partial charge in [0.1, 0.15) is 5.82 Å². The number of anilines is 1. The van der Waals surface area contributed by atoms with Gasteiger partial charge in [0.05, 0.1) is 11.6 Å². The Morgan fingerprint density at radius 2 is 1.76 bits per heavy atom. The van der Waals surface area contributed by atoms with Crippen LogP contribution in [0.4, 0.5) is 10.3 Å². The summed E-state index contributed by atoms with van der Waals surface area (Å²) < 4.78 is 18.6. The number of unbranched alkanes of at least 4 members (excludes halogenated alkanes) is 1.